The van der Waals surface area contributed by atoms with Crippen LogP contribution in [0.3, 0.4) is 0 Å². The molecule has 1 unspecified atom stereocenters. The third-order valence-electron chi connectivity index (χ3n) is 4.33. The molecule has 0 radical (unpaired) electrons. The third kappa shape index (κ3) is 3.89. The van der Waals surface area contributed by atoms with E-state index >= 15 is 0 Å². The Morgan fingerprint density at radius 3 is 1.90 bits per heavy atom. The highest BCUT2D eigenvalue weighted by Crippen LogP contribution is 2.50. The number of phenols is 2. The Balaban J connectivity index is 2.60. The normalized spacial score (nSPS) is 13.8. The van der Waals surface area contributed by atoms with E-state index in [2.05, 4.69) is 0 Å². The van der Waals surface area contributed by atoms with Gasteiger partial charge in [-0.2, -0.15) is 8.42 Å². The van der Waals surface area contributed by atoms with Crippen molar-refractivity contribution in [1.29, 1.82) is 0 Å². The van der Waals surface area contributed by atoms with Crippen LogP contribution in [0.5, 0.6) is 11.5 Å². The van der Waals surface area contributed by atoms with Crippen LogP contribution < -0.4 is 0 Å². The van der Waals surface area contributed by atoms with Gasteiger partial charge in [-0.1, -0.05) is 58.5 Å². The van der Waals surface area contributed by atoms with Gasteiger partial charge in [-0.3, -0.25) is 4.55 Å². The van der Waals surface area contributed by atoms with Crippen LogP contribution in [-0.2, 0) is 14.9 Å². The predicted molar refractivity (Wildman–Crippen MR) is 114 cm³/mol. The minimum absolute atomic E-state index is 0.0304. The largest absolute Gasteiger partial charge is 0.508 e. The van der Waals surface area contributed by atoms with E-state index in [1.54, 1.807) is 0 Å². The fraction of sp³-hybridized carbons (Fsp3) is 0.0526. The van der Waals surface area contributed by atoms with Gasteiger partial charge in [-0.25, -0.2) is 0 Å². The lowest BCUT2D eigenvalue weighted by atomic mass is 9.83. The fourth-order valence-electron chi connectivity index (χ4n) is 3.21. The molecule has 3 aromatic rings. The Hall–Kier alpha value is -1.67. The van der Waals surface area contributed by atoms with Crippen LogP contribution in [0, 0.1) is 0 Å². The average Bonchev–Trinajstić information content (AvgIpc) is 2.58. The summed E-state index contributed by atoms with van der Waals surface area (Å²) >= 11 is 24.2. The zero-order valence-corrected chi connectivity index (χ0v) is 18.1. The van der Waals surface area contributed by atoms with Gasteiger partial charge in [0.25, 0.3) is 10.1 Å². The van der Waals surface area contributed by atoms with E-state index in [0.29, 0.717) is 0 Å². The first-order valence-electron chi connectivity index (χ1n) is 7.88. The molecular formula is C19H12Cl4O5S. The maximum atomic E-state index is 12.9. The standard InChI is InChI=1S/C19H12Cl4O5S/c20-12-4-11(5-13(21)7-12)19(29(26,27)28,10-2-1-3-14(24)6-10)15-8-16(22)17(23)9-18(15)25/h1-9,24-25H,(H,26,27,28). The molecule has 0 aromatic heterocycles. The van der Waals surface area contributed by atoms with Gasteiger partial charge in [0, 0.05) is 21.7 Å². The van der Waals surface area contributed by atoms with E-state index < -0.39 is 20.6 Å². The molecule has 10 heteroatoms. The van der Waals surface area contributed by atoms with Gasteiger partial charge in [-0.15, -0.1) is 0 Å². The maximum absolute atomic E-state index is 12.9. The fourth-order valence-corrected chi connectivity index (χ4v) is 5.34. The van der Waals surface area contributed by atoms with E-state index in [0.717, 1.165) is 18.2 Å². The number of hydrogen-bond donors (Lipinski definition) is 3. The van der Waals surface area contributed by atoms with Crippen molar-refractivity contribution in [2.75, 3.05) is 0 Å². The predicted octanol–water partition coefficient (Wildman–Crippen LogP) is 5.89. The summed E-state index contributed by atoms with van der Waals surface area (Å²) in [5.74, 6) is -0.834. The summed E-state index contributed by atoms with van der Waals surface area (Å²) < 4.78 is 33.9. The number of hydrogen-bond acceptors (Lipinski definition) is 4. The van der Waals surface area contributed by atoms with Gasteiger partial charge in [-0.05, 0) is 47.5 Å². The second-order valence-electron chi connectivity index (χ2n) is 6.15. The van der Waals surface area contributed by atoms with E-state index in [1.165, 1.54) is 36.4 Å². The van der Waals surface area contributed by atoms with Crippen molar-refractivity contribution in [1.82, 2.24) is 0 Å². The zero-order chi connectivity index (χ0) is 21.6. The van der Waals surface area contributed by atoms with E-state index in [4.69, 9.17) is 46.4 Å². The highest BCUT2D eigenvalue weighted by molar-refractivity contribution is 7.87. The smallest absolute Gasteiger partial charge is 0.283 e. The van der Waals surface area contributed by atoms with Gasteiger partial charge >= 0.3 is 0 Å². The molecule has 29 heavy (non-hydrogen) atoms. The van der Waals surface area contributed by atoms with Gasteiger partial charge in [0.2, 0.25) is 0 Å². The van der Waals surface area contributed by atoms with Crippen LogP contribution in [0.15, 0.2) is 54.6 Å². The van der Waals surface area contributed by atoms with Gasteiger partial charge < -0.3 is 10.2 Å². The lowest BCUT2D eigenvalue weighted by Crippen LogP contribution is -2.38. The summed E-state index contributed by atoms with van der Waals surface area (Å²) in [7, 11) is -5.08. The second kappa shape index (κ2) is 7.87. The van der Waals surface area contributed by atoms with Gasteiger partial charge in [0.05, 0.1) is 10.0 Å². The molecule has 0 aliphatic carbocycles. The van der Waals surface area contributed by atoms with Crippen molar-refractivity contribution in [2.24, 2.45) is 0 Å². The summed E-state index contributed by atoms with van der Waals surface area (Å²) in [4.78, 5) is 0. The molecule has 0 spiro atoms. The van der Waals surface area contributed by atoms with Crippen LogP contribution in [-0.4, -0.2) is 23.2 Å². The molecule has 0 aliphatic heterocycles. The Morgan fingerprint density at radius 1 is 0.759 bits per heavy atom. The molecule has 5 nitrogen and oxygen atoms in total. The minimum atomic E-state index is -5.08. The first kappa shape index (κ1) is 22.0. The first-order valence-corrected chi connectivity index (χ1v) is 10.8. The summed E-state index contributed by atoms with van der Waals surface area (Å²) in [6.45, 7) is 0. The van der Waals surface area contributed by atoms with Crippen molar-refractivity contribution < 1.29 is 23.2 Å². The first-order chi connectivity index (χ1) is 13.5. The highest BCUT2D eigenvalue weighted by atomic mass is 35.5. The molecule has 3 N–H and O–H groups in total. The molecule has 3 rings (SSSR count). The Morgan fingerprint density at radius 2 is 1.34 bits per heavy atom. The summed E-state index contributed by atoms with van der Waals surface area (Å²) in [5.41, 5.74) is -0.484. The molecule has 0 aliphatic rings. The Kier molecular flexibility index (Phi) is 5.98. The second-order valence-corrected chi connectivity index (χ2v) is 9.40. The van der Waals surface area contributed by atoms with E-state index in [9.17, 15) is 23.2 Å². The van der Waals surface area contributed by atoms with Gasteiger partial charge in [0.1, 0.15) is 11.5 Å². The van der Waals surface area contributed by atoms with Crippen LogP contribution in [0.4, 0.5) is 0 Å². The van der Waals surface area contributed by atoms with Crippen molar-refractivity contribution >= 4 is 56.5 Å². The lowest BCUT2D eigenvalue weighted by Gasteiger charge is -2.33. The van der Waals surface area contributed by atoms with Gasteiger partial charge in [0.15, 0.2) is 4.75 Å². The van der Waals surface area contributed by atoms with Crippen LogP contribution in [0.25, 0.3) is 0 Å². The average molecular weight is 494 g/mol. The number of phenolic OH excluding ortho intramolecular Hbond substituents is 2. The quantitative estimate of drug-likeness (QED) is 0.311. The lowest BCUT2D eigenvalue weighted by molar-refractivity contribution is 0.439. The van der Waals surface area contributed by atoms with Crippen molar-refractivity contribution in [3.63, 3.8) is 0 Å². The van der Waals surface area contributed by atoms with E-state index in [-0.39, 0.29) is 42.5 Å². The summed E-state index contributed by atoms with van der Waals surface area (Å²) in [5, 5.41) is 20.6. The molecule has 0 bridgehead atoms. The minimum Gasteiger partial charge on any atom is -0.508 e. The summed E-state index contributed by atoms with van der Waals surface area (Å²) in [6, 6.07) is 11.3. The maximum Gasteiger partial charge on any atom is 0.283 e. The molecular weight excluding hydrogens is 482 g/mol. The number of rotatable bonds is 4. The zero-order valence-electron chi connectivity index (χ0n) is 14.3. The molecule has 0 saturated heterocycles. The molecule has 3 aromatic carbocycles. The van der Waals surface area contributed by atoms with Crippen LogP contribution in [0.2, 0.25) is 20.1 Å². The molecule has 0 amide bonds. The Labute approximate surface area is 186 Å². The van der Waals surface area contributed by atoms with E-state index in [1.807, 2.05) is 0 Å². The number of aromatic hydroxyl groups is 2. The number of benzene rings is 3. The molecule has 0 saturated carbocycles. The van der Waals surface area contributed by atoms with Crippen molar-refractivity contribution in [2.45, 2.75) is 4.75 Å². The third-order valence-corrected chi connectivity index (χ3v) is 6.95. The molecule has 152 valence electrons. The molecule has 0 fully saturated rings. The topological polar surface area (TPSA) is 94.8 Å². The molecule has 1 atom stereocenters. The summed E-state index contributed by atoms with van der Waals surface area (Å²) in [6.07, 6.45) is 0. The van der Waals surface area contributed by atoms with Crippen molar-refractivity contribution in [3.05, 3.63) is 91.4 Å². The highest BCUT2D eigenvalue weighted by Gasteiger charge is 2.50. The SMILES string of the molecule is O=S(=O)(O)C(c1cccc(O)c1)(c1cc(Cl)cc(Cl)c1)c1cc(Cl)c(Cl)cc1O. The Bertz CT molecular complexity index is 1190. The van der Waals surface area contributed by atoms with Crippen molar-refractivity contribution in [3.8, 4) is 11.5 Å². The monoisotopic (exact) mass is 492 g/mol. The van der Waals surface area contributed by atoms with Crippen LogP contribution in [0.1, 0.15) is 16.7 Å². The molecule has 0 heterocycles. The number of halogens is 4. The van der Waals surface area contributed by atoms with Crippen LogP contribution >= 0.6 is 46.4 Å².